The Morgan fingerprint density at radius 3 is 3.00 bits per heavy atom. The molecule has 0 amide bonds. The average Bonchev–Trinajstić information content (AvgIpc) is 2.14. The van der Waals surface area contributed by atoms with Gasteiger partial charge in [0, 0.05) is 7.11 Å². The van der Waals surface area contributed by atoms with E-state index >= 15 is 0 Å². The van der Waals surface area contributed by atoms with Gasteiger partial charge in [-0.05, 0) is 12.3 Å². The molecule has 0 aliphatic carbocycles. The Morgan fingerprint density at radius 1 is 1.86 bits per heavy atom. The number of hydrogen-bond acceptors (Lipinski definition) is 2. The molecule has 0 saturated heterocycles. The minimum atomic E-state index is 0.0556. The first-order chi connectivity index (χ1) is 3.43. The molecule has 0 aromatic heterocycles. The summed E-state index contributed by atoms with van der Waals surface area (Å²) < 4.78 is 4.85. The van der Waals surface area contributed by atoms with Crippen LogP contribution in [0.2, 0.25) is 0 Å². The van der Waals surface area contributed by atoms with Gasteiger partial charge >= 0.3 is 0 Å². The Morgan fingerprint density at radius 2 is 2.71 bits per heavy atom. The fourth-order valence-electron chi connectivity index (χ4n) is 0.451. The van der Waals surface area contributed by atoms with E-state index in [-0.39, 0.29) is 6.10 Å². The summed E-state index contributed by atoms with van der Waals surface area (Å²) >= 11 is 0. The van der Waals surface area contributed by atoms with E-state index in [4.69, 9.17) is 4.74 Å². The number of hydrogen-bond donors (Lipinski definition) is 1. The quantitative estimate of drug-likeness (QED) is 0.503. The molecule has 0 aromatic carbocycles. The fraction of sp³-hybridized carbons (Fsp3) is 0.400. The molecule has 2 heteroatoms. The summed E-state index contributed by atoms with van der Waals surface area (Å²) in [5, 5.41) is 2.77. The van der Waals surface area contributed by atoms with E-state index in [1.165, 1.54) is 0 Å². The summed E-state index contributed by atoms with van der Waals surface area (Å²) in [5.74, 6) is 0. The average molecular weight is 97.1 g/mol. The van der Waals surface area contributed by atoms with Gasteiger partial charge in [0.15, 0.2) is 0 Å². The Kier molecular flexibility index (Phi) is 1.32. The number of nitrogens with one attached hydrogen (secondary N) is 1. The van der Waals surface area contributed by atoms with Crippen molar-refractivity contribution in [1.29, 1.82) is 0 Å². The van der Waals surface area contributed by atoms with E-state index in [1.54, 1.807) is 13.3 Å². The van der Waals surface area contributed by atoms with Crippen LogP contribution in [0, 0.1) is 6.54 Å². The predicted octanol–water partition coefficient (Wildman–Crippen LogP) is 0.157. The monoisotopic (exact) mass is 97.1 g/mol. The standard InChI is InChI=1S/C5H7NO/c1-7-5-2-3-6-4-5/h2-3,5-6H,1H3. The third-order valence-electron chi connectivity index (χ3n) is 0.834. The third-order valence-corrected chi connectivity index (χ3v) is 0.834. The van der Waals surface area contributed by atoms with Gasteiger partial charge in [-0.1, -0.05) is 0 Å². The van der Waals surface area contributed by atoms with Crippen LogP contribution < -0.4 is 5.32 Å². The van der Waals surface area contributed by atoms with Crippen molar-refractivity contribution >= 4 is 0 Å². The van der Waals surface area contributed by atoms with Gasteiger partial charge in [0.1, 0.15) is 12.6 Å². The molecule has 2 nitrogen and oxygen atoms in total. The Labute approximate surface area is 43.2 Å². The zero-order valence-electron chi connectivity index (χ0n) is 4.14. The first-order valence-corrected chi connectivity index (χ1v) is 2.14. The fourth-order valence-corrected chi connectivity index (χ4v) is 0.451. The molecule has 1 atom stereocenters. The van der Waals surface area contributed by atoms with Gasteiger partial charge < -0.3 is 10.1 Å². The summed E-state index contributed by atoms with van der Waals surface area (Å²) in [6, 6.07) is 0. The minimum Gasteiger partial charge on any atom is -0.378 e. The molecule has 1 heterocycles. The van der Waals surface area contributed by atoms with Crippen LogP contribution in [-0.2, 0) is 4.74 Å². The van der Waals surface area contributed by atoms with Crippen LogP contribution in [0.15, 0.2) is 12.3 Å². The smallest absolute Gasteiger partial charge is 0.124 e. The van der Waals surface area contributed by atoms with Gasteiger partial charge in [0.2, 0.25) is 0 Å². The van der Waals surface area contributed by atoms with Gasteiger partial charge in [-0.25, -0.2) is 0 Å². The van der Waals surface area contributed by atoms with Crippen LogP contribution in [-0.4, -0.2) is 13.2 Å². The summed E-state index contributed by atoms with van der Waals surface area (Å²) in [7, 11) is 1.65. The zero-order chi connectivity index (χ0) is 5.11. The maximum atomic E-state index is 4.85. The van der Waals surface area contributed by atoms with Crippen molar-refractivity contribution in [2.24, 2.45) is 0 Å². The van der Waals surface area contributed by atoms with Gasteiger partial charge in [-0.15, -0.1) is 0 Å². The van der Waals surface area contributed by atoms with Crippen LogP contribution in [0.5, 0.6) is 0 Å². The van der Waals surface area contributed by atoms with E-state index < -0.39 is 0 Å². The maximum absolute atomic E-state index is 4.85. The largest absolute Gasteiger partial charge is 0.378 e. The molecule has 0 aromatic rings. The summed E-state index contributed by atoms with van der Waals surface area (Å²) in [5.41, 5.74) is 0. The molecule has 1 N–H and O–H groups in total. The Balaban J connectivity index is 2.28. The topological polar surface area (TPSA) is 21.3 Å². The van der Waals surface area contributed by atoms with E-state index in [9.17, 15) is 0 Å². The van der Waals surface area contributed by atoms with E-state index in [1.807, 2.05) is 6.08 Å². The highest BCUT2D eigenvalue weighted by Gasteiger charge is 2.05. The van der Waals surface area contributed by atoms with Gasteiger partial charge in [0.25, 0.3) is 0 Å². The lowest BCUT2D eigenvalue weighted by atomic mass is 10.4. The highest BCUT2D eigenvalue weighted by molar-refractivity contribution is 5.04. The Bertz CT molecular complexity index is 80.1. The molecule has 38 valence electrons. The molecule has 7 heavy (non-hydrogen) atoms. The van der Waals surface area contributed by atoms with Crippen molar-refractivity contribution in [2.45, 2.75) is 6.10 Å². The first kappa shape index (κ1) is 4.65. The van der Waals surface area contributed by atoms with Crippen molar-refractivity contribution in [3.8, 4) is 0 Å². The number of ether oxygens (including phenoxy) is 1. The molecule has 0 spiro atoms. The van der Waals surface area contributed by atoms with Gasteiger partial charge in [-0.3, -0.25) is 0 Å². The van der Waals surface area contributed by atoms with Crippen LogP contribution in [0.25, 0.3) is 0 Å². The predicted molar refractivity (Wildman–Crippen MR) is 26.3 cm³/mol. The second-order valence-electron chi connectivity index (χ2n) is 1.30. The molecule has 0 saturated carbocycles. The number of methoxy groups -OCH3 is 1. The minimum absolute atomic E-state index is 0.0556. The van der Waals surface area contributed by atoms with Crippen molar-refractivity contribution < 1.29 is 4.74 Å². The van der Waals surface area contributed by atoms with Crippen molar-refractivity contribution in [2.75, 3.05) is 7.11 Å². The van der Waals surface area contributed by atoms with Gasteiger partial charge in [-0.2, -0.15) is 0 Å². The highest BCUT2D eigenvalue weighted by atomic mass is 16.5. The summed E-state index contributed by atoms with van der Waals surface area (Å²) in [4.78, 5) is 0. The lowest BCUT2D eigenvalue weighted by Gasteiger charge is -1.98. The lowest BCUT2D eigenvalue weighted by molar-refractivity contribution is 0.167. The second kappa shape index (κ2) is 1.98. The molecule has 1 aliphatic rings. The number of rotatable bonds is 1. The van der Waals surface area contributed by atoms with Crippen molar-refractivity contribution in [1.82, 2.24) is 5.32 Å². The summed E-state index contributed by atoms with van der Waals surface area (Å²) in [6.45, 7) is 2.82. The molecule has 2 radical (unpaired) electrons. The molecular formula is C5H7NO. The maximum Gasteiger partial charge on any atom is 0.124 e. The van der Waals surface area contributed by atoms with Crippen molar-refractivity contribution in [3.05, 3.63) is 18.8 Å². The molecule has 0 fully saturated rings. The van der Waals surface area contributed by atoms with E-state index in [2.05, 4.69) is 11.9 Å². The highest BCUT2D eigenvalue weighted by Crippen LogP contribution is 1.99. The Hall–Kier alpha value is -0.500. The second-order valence-corrected chi connectivity index (χ2v) is 1.30. The van der Waals surface area contributed by atoms with E-state index in [0.717, 1.165) is 0 Å². The van der Waals surface area contributed by atoms with Crippen LogP contribution in [0.1, 0.15) is 0 Å². The molecule has 1 aliphatic heterocycles. The normalized spacial score (nSPS) is 27.9. The third kappa shape index (κ3) is 0.933. The molecule has 1 unspecified atom stereocenters. The van der Waals surface area contributed by atoms with Gasteiger partial charge in [0.05, 0.1) is 0 Å². The lowest BCUT2D eigenvalue weighted by Crippen LogP contribution is -2.08. The van der Waals surface area contributed by atoms with Crippen LogP contribution >= 0.6 is 0 Å². The SMILES string of the molecule is COC1[C]NC=C1. The van der Waals surface area contributed by atoms with E-state index in [0.29, 0.717) is 0 Å². The zero-order valence-corrected chi connectivity index (χ0v) is 4.14. The molecule has 0 bridgehead atoms. The summed E-state index contributed by atoms with van der Waals surface area (Å²) in [6.07, 6.45) is 3.74. The van der Waals surface area contributed by atoms with Crippen LogP contribution in [0.4, 0.5) is 0 Å². The molecular weight excluding hydrogens is 90.1 g/mol. The van der Waals surface area contributed by atoms with Crippen molar-refractivity contribution in [3.63, 3.8) is 0 Å². The molecule has 1 rings (SSSR count). The van der Waals surface area contributed by atoms with Crippen LogP contribution in [0.3, 0.4) is 0 Å². The first-order valence-electron chi connectivity index (χ1n) is 2.14.